The molecular formula is C22H22N6O3S2. The number of hydrogen-bond donors (Lipinski definition) is 1. The summed E-state index contributed by atoms with van der Waals surface area (Å²) >= 11 is 1.24. The molecule has 1 aliphatic rings. The van der Waals surface area contributed by atoms with Crippen molar-refractivity contribution in [1.29, 1.82) is 5.26 Å². The minimum absolute atomic E-state index is 0.00756. The van der Waals surface area contributed by atoms with Gasteiger partial charge in [0, 0.05) is 31.7 Å². The maximum atomic E-state index is 13.0. The van der Waals surface area contributed by atoms with Crippen LogP contribution in [0.1, 0.15) is 5.56 Å². The van der Waals surface area contributed by atoms with Crippen LogP contribution < -0.4 is 5.84 Å². The molecular weight excluding hydrogens is 460 g/mol. The number of nitrogen functional groups attached to an aromatic ring is 1. The molecule has 11 heteroatoms. The number of nitriles is 1. The minimum Gasteiger partial charge on any atom is -0.339 e. The van der Waals surface area contributed by atoms with E-state index >= 15 is 0 Å². The normalized spacial score (nSPS) is 14.7. The number of carbonyl (C=O) groups is 1. The van der Waals surface area contributed by atoms with Gasteiger partial charge in [0.2, 0.25) is 15.9 Å². The molecule has 2 aromatic carbocycles. The van der Waals surface area contributed by atoms with Crippen LogP contribution in [0.15, 0.2) is 70.8 Å². The maximum absolute atomic E-state index is 13.0. The predicted molar refractivity (Wildman–Crippen MR) is 125 cm³/mol. The maximum Gasteiger partial charge on any atom is 0.244 e. The second kappa shape index (κ2) is 9.66. The van der Waals surface area contributed by atoms with Crippen LogP contribution in [-0.2, 0) is 14.8 Å². The molecule has 1 aromatic heterocycles. The summed E-state index contributed by atoms with van der Waals surface area (Å²) in [6, 6.07) is 17.7. The molecule has 9 nitrogen and oxygen atoms in total. The lowest BCUT2D eigenvalue weighted by molar-refractivity contribution is -0.129. The van der Waals surface area contributed by atoms with Gasteiger partial charge in [-0.3, -0.25) is 4.79 Å². The molecule has 1 saturated heterocycles. The van der Waals surface area contributed by atoms with Gasteiger partial charge in [-0.2, -0.15) is 9.57 Å². The fraction of sp³-hybridized carbons (Fsp3) is 0.227. The topological polar surface area (TPSA) is 125 Å². The van der Waals surface area contributed by atoms with Crippen LogP contribution in [0.2, 0.25) is 0 Å². The zero-order chi connectivity index (χ0) is 23.4. The molecule has 2 heterocycles. The first-order chi connectivity index (χ1) is 15.9. The van der Waals surface area contributed by atoms with Crippen molar-refractivity contribution in [2.24, 2.45) is 0 Å². The van der Waals surface area contributed by atoms with E-state index in [9.17, 15) is 18.5 Å². The number of sulfonamides is 1. The Morgan fingerprint density at radius 3 is 2.42 bits per heavy atom. The summed E-state index contributed by atoms with van der Waals surface area (Å²) in [4.78, 5) is 18.8. The van der Waals surface area contributed by atoms with E-state index in [1.165, 1.54) is 32.9 Å². The van der Waals surface area contributed by atoms with E-state index in [4.69, 9.17) is 5.84 Å². The third kappa shape index (κ3) is 4.88. The van der Waals surface area contributed by atoms with Crippen molar-refractivity contribution >= 4 is 27.7 Å². The Bertz CT molecular complexity index is 1290. The number of benzene rings is 2. The van der Waals surface area contributed by atoms with Gasteiger partial charge in [-0.15, -0.1) is 0 Å². The van der Waals surface area contributed by atoms with Gasteiger partial charge < -0.3 is 10.7 Å². The zero-order valence-electron chi connectivity index (χ0n) is 17.7. The molecule has 170 valence electrons. The van der Waals surface area contributed by atoms with E-state index in [0.717, 1.165) is 11.3 Å². The molecule has 33 heavy (non-hydrogen) atoms. The molecule has 3 aromatic rings. The number of nitrogens with two attached hydrogens (primary N) is 1. The lowest BCUT2D eigenvalue weighted by atomic mass is 10.2. The van der Waals surface area contributed by atoms with E-state index in [2.05, 4.69) is 4.98 Å². The van der Waals surface area contributed by atoms with Crippen molar-refractivity contribution in [1.82, 2.24) is 18.9 Å². The standard InChI is InChI=1S/C22H22N6O3S2/c23-14-18-8-4-5-9-20(18)33(30,31)27-12-10-26(11-13-27)21(29)16-32-22-25-19(15-28(22)24)17-6-2-1-3-7-17/h1-9,15H,10-13,16,24H2. The Balaban J connectivity index is 1.35. The molecule has 0 atom stereocenters. The second-order valence-corrected chi connectivity index (χ2v) is 10.2. The number of nitrogens with zero attached hydrogens (tertiary/aromatic N) is 5. The molecule has 1 amide bonds. The first kappa shape index (κ1) is 22.8. The van der Waals surface area contributed by atoms with Gasteiger partial charge in [-0.1, -0.05) is 54.2 Å². The Hall–Kier alpha value is -3.33. The van der Waals surface area contributed by atoms with Gasteiger partial charge in [-0.05, 0) is 12.1 Å². The summed E-state index contributed by atoms with van der Waals surface area (Å²) in [5.74, 6) is 6.03. The van der Waals surface area contributed by atoms with E-state index in [1.54, 1.807) is 23.2 Å². The number of thioether (sulfide) groups is 1. The summed E-state index contributed by atoms with van der Waals surface area (Å²) in [5, 5.41) is 9.75. The second-order valence-electron chi connectivity index (χ2n) is 7.36. The summed E-state index contributed by atoms with van der Waals surface area (Å²) in [6.45, 7) is 0.893. The van der Waals surface area contributed by atoms with Gasteiger partial charge in [0.15, 0.2) is 5.16 Å². The molecule has 0 aliphatic carbocycles. The van der Waals surface area contributed by atoms with Crippen molar-refractivity contribution in [3.8, 4) is 17.3 Å². The fourth-order valence-corrected chi connectivity index (χ4v) is 5.91. The van der Waals surface area contributed by atoms with Gasteiger partial charge >= 0.3 is 0 Å². The van der Waals surface area contributed by atoms with Crippen LogP contribution in [0, 0.1) is 11.3 Å². The van der Waals surface area contributed by atoms with Gasteiger partial charge in [-0.25, -0.2) is 18.1 Å². The number of hydrogen-bond acceptors (Lipinski definition) is 7. The van der Waals surface area contributed by atoms with Gasteiger partial charge in [0.1, 0.15) is 6.07 Å². The highest BCUT2D eigenvalue weighted by molar-refractivity contribution is 7.99. The monoisotopic (exact) mass is 482 g/mol. The first-order valence-corrected chi connectivity index (χ1v) is 12.6. The summed E-state index contributed by atoms with van der Waals surface area (Å²) in [7, 11) is -3.80. The van der Waals surface area contributed by atoms with E-state index < -0.39 is 10.0 Å². The van der Waals surface area contributed by atoms with Crippen molar-refractivity contribution < 1.29 is 13.2 Å². The Labute approximate surface area is 196 Å². The molecule has 1 aliphatic heterocycles. The average molecular weight is 483 g/mol. The molecule has 0 radical (unpaired) electrons. The number of imidazole rings is 1. The number of piperazine rings is 1. The highest BCUT2D eigenvalue weighted by Crippen LogP contribution is 2.24. The van der Waals surface area contributed by atoms with E-state index in [0.29, 0.717) is 5.16 Å². The molecule has 1 fully saturated rings. The van der Waals surface area contributed by atoms with Crippen LogP contribution in [0.4, 0.5) is 0 Å². The van der Waals surface area contributed by atoms with Crippen molar-refractivity contribution in [3.63, 3.8) is 0 Å². The first-order valence-electron chi connectivity index (χ1n) is 10.2. The van der Waals surface area contributed by atoms with Gasteiger partial charge in [0.25, 0.3) is 0 Å². The Morgan fingerprint density at radius 1 is 1.06 bits per heavy atom. The van der Waals surface area contributed by atoms with E-state index in [1.807, 2.05) is 36.4 Å². The third-order valence-corrected chi connectivity index (χ3v) is 8.22. The molecule has 0 bridgehead atoms. The number of aromatic nitrogens is 2. The molecule has 0 unspecified atom stereocenters. The SMILES string of the molecule is N#Cc1ccccc1S(=O)(=O)N1CCN(C(=O)CSc2nc(-c3ccccc3)cn2N)CC1. The molecule has 2 N–H and O–H groups in total. The highest BCUT2D eigenvalue weighted by atomic mass is 32.2. The quantitative estimate of drug-likeness (QED) is 0.419. The van der Waals surface area contributed by atoms with Gasteiger partial charge in [0.05, 0.1) is 28.1 Å². The largest absolute Gasteiger partial charge is 0.339 e. The predicted octanol–water partition coefficient (Wildman–Crippen LogP) is 1.76. The molecule has 0 saturated carbocycles. The van der Waals surface area contributed by atoms with Crippen molar-refractivity contribution in [2.45, 2.75) is 10.1 Å². The fourth-order valence-electron chi connectivity index (χ4n) is 3.55. The van der Waals surface area contributed by atoms with E-state index in [-0.39, 0.29) is 48.3 Å². The lowest BCUT2D eigenvalue weighted by Gasteiger charge is -2.34. The summed E-state index contributed by atoms with van der Waals surface area (Å²) < 4.78 is 28.6. The number of rotatable bonds is 6. The van der Waals surface area contributed by atoms with Crippen LogP contribution in [0.3, 0.4) is 0 Å². The van der Waals surface area contributed by atoms with Crippen LogP contribution in [0.5, 0.6) is 0 Å². The van der Waals surface area contributed by atoms with Crippen molar-refractivity contribution in [3.05, 3.63) is 66.4 Å². The van der Waals surface area contributed by atoms with Crippen molar-refractivity contribution in [2.75, 3.05) is 37.8 Å². The third-order valence-electron chi connectivity index (χ3n) is 5.31. The zero-order valence-corrected chi connectivity index (χ0v) is 19.3. The highest BCUT2D eigenvalue weighted by Gasteiger charge is 2.31. The molecule has 4 rings (SSSR count). The summed E-state index contributed by atoms with van der Waals surface area (Å²) in [6.07, 6.45) is 1.71. The summed E-state index contributed by atoms with van der Waals surface area (Å²) in [5.41, 5.74) is 1.77. The number of amides is 1. The molecule has 0 spiro atoms. The van der Waals surface area contributed by atoms with Crippen LogP contribution in [-0.4, -0.2) is 65.1 Å². The van der Waals surface area contributed by atoms with Crippen LogP contribution >= 0.6 is 11.8 Å². The van der Waals surface area contributed by atoms with Crippen LogP contribution in [0.25, 0.3) is 11.3 Å². The minimum atomic E-state index is -3.80. The average Bonchev–Trinajstić information content (AvgIpc) is 3.23. The number of carbonyl (C=O) groups excluding carboxylic acids is 1. The Morgan fingerprint density at radius 2 is 1.73 bits per heavy atom. The lowest BCUT2D eigenvalue weighted by Crippen LogP contribution is -2.51. The Kier molecular flexibility index (Phi) is 6.69. The smallest absolute Gasteiger partial charge is 0.244 e.